The standard InChI is InChI=1S/C53H75NO16.C6H12O3/c1-34-16-14-12-10-8-6-4-5-7-9-11-13-15-17-38(55)30-48-50(52(66)68-3)47(64)33-53(67,70-48)32-45(62)28-43(60)26-41(58)24-40(57)25-42(59)27-44(61)31-49(65)69-51(34)35(2)18-23-39(56)29-46(63)36-19-21-37(54)22-20-36;1-4-6(8)2-5(7)3-9-4/h4-17,19-22,34-35,38-41,43-45,47-48,50-51,55-58,60-62,64,67H,18,23-33,54H2,1-3H3;4-8H,2-3H2,1H3/b5-4+,8-6+,9-7+,12-10+,13-11+,16-14+,17-15+;/t;4-,5+,6?/m.1/s1. The molecule has 13 N–H and O–H groups in total. The molecule has 0 aromatic heterocycles. The minimum atomic E-state index is -2.18. The summed E-state index contributed by atoms with van der Waals surface area (Å²) < 4.78 is 21.6. The molecule has 3 aliphatic heterocycles. The molecule has 1 aromatic rings. The summed E-state index contributed by atoms with van der Waals surface area (Å²) in [6.07, 6.45) is 7.79. The van der Waals surface area contributed by atoms with Gasteiger partial charge in [-0.1, -0.05) is 98.9 Å². The zero-order chi connectivity index (χ0) is 58.7. The van der Waals surface area contributed by atoms with Gasteiger partial charge in [0.15, 0.2) is 11.6 Å². The normalized spacial score (nSPS) is 36.2. The number of hydrogen-bond acceptors (Lipinski definition) is 20. The van der Waals surface area contributed by atoms with Crippen LogP contribution in [0.4, 0.5) is 5.69 Å². The molecule has 0 radical (unpaired) electrons. The maximum atomic E-state index is 13.2. The van der Waals surface area contributed by atoms with Crippen LogP contribution in [0.3, 0.4) is 0 Å². The Kier molecular flexibility index (Phi) is 30.8. The number of ether oxygens (including phenoxy) is 4. The number of Topliss-reactive ketones (excluding diaryl/α,β-unsaturated/α-hetero) is 2. The molecule has 20 heteroatoms. The first-order valence-electron chi connectivity index (χ1n) is 27.1. The van der Waals surface area contributed by atoms with Crippen molar-refractivity contribution >= 4 is 29.2 Å². The molecule has 79 heavy (non-hydrogen) atoms. The maximum absolute atomic E-state index is 13.2. The van der Waals surface area contributed by atoms with Gasteiger partial charge in [0.05, 0.1) is 93.4 Å². The van der Waals surface area contributed by atoms with Gasteiger partial charge in [0, 0.05) is 62.1 Å². The van der Waals surface area contributed by atoms with Gasteiger partial charge in [-0.2, -0.15) is 0 Å². The fourth-order valence-electron chi connectivity index (χ4n) is 9.49. The molecule has 442 valence electrons. The van der Waals surface area contributed by atoms with E-state index in [9.17, 15) is 65.1 Å². The predicted octanol–water partition coefficient (Wildman–Crippen LogP) is 3.07. The molecule has 20 nitrogen and oxygen atoms in total. The number of esters is 2. The molecule has 2 saturated heterocycles. The molecule has 15 unspecified atom stereocenters. The van der Waals surface area contributed by atoms with Gasteiger partial charge in [0.1, 0.15) is 17.8 Å². The smallest absolute Gasteiger partial charge is 0.313 e. The Balaban J connectivity index is 0.00000165. The van der Waals surface area contributed by atoms with Gasteiger partial charge < -0.3 is 80.9 Å². The van der Waals surface area contributed by atoms with Crippen molar-refractivity contribution in [2.24, 2.45) is 17.8 Å². The van der Waals surface area contributed by atoms with Crippen LogP contribution in [0.2, 0.25) is 0 Å². The number of benzene rings is 1. The second kappa shape index (κ2) is 35.6. The van der Waals surface area contributed by atoms with Crippen molar-refractivity contribution in [1.29, 1.82) is 0 Å². The molecule has 3 heterocycles. The number of carbonyl (C=O) groups excluding carboxylic acids is 4. The third-order valence-electron chi connectivity index (χ3n) is 13.7. The predicted molar refractivity (Wildman–Crippen MR) is 293 cm³/mol. The first-order chi connectivity index (χ1) is 37.4. The maximum Gasteiger partial charge on any atom is 0.313 e. The number of anilines is 1. The summed E-state index contributed by atoms with van der Waals surface area (Å²) in [5, 5.41) is 115. The van der Waals surface area contributed by atoms with Crippen LogP contribution in [0.25, 0.3) is 0 Å². The highest BCUT2D eigenvalue weighted by atomic mass is 16.6. The average Bonchev–Trinajstić information content (AvgIpc) is 3.38. The molecule has 2 fully saturated rings. The van der Waals surface area contributed by atoms with Crippen molar-refractivity contribution in [3.63, 3.8) is 0 Å². The molecular formula is C59H87NO19. The molecule has 17 atom stereocenters. The van der Waals surface area contributed by atoms with Crippen LogP contribution < -0.4 is 5.73 Å². The first-order valence-corrected chi connectivity index (χ1v) is 27.1. The number of methoxy groups -OCH3 is 1. The van der Waals surface area contributed by atoms with E-state index in [-0.39, 0.29) is 62.2 Å². The number of nitrogen functional groups attached to an aromatic ring is 1. The Labute approximate surface area is 463 Å². The van der Waals surface area contributed by atoms with E-state index in [1.165, 1.54) is 6.08 Å². The lowest BCUT2D eigenvalue weighted by Gasteiger charge is -2.44. The zero-order valence-corrected chi connectivity index (χ0v) is 45.8. The monoisotopic (exact) mass is 1110 g/mol. The minimum Gasteiger partial charge on any atom is -0.469 e. The van der Waals surface area contributed by atoms with Gasteiger partial charge in [-0.05, 0) is 69.2 Å². The molecule has 0 saturated carbocycles. The van der Waals surface area contributed by atoms with Gasteiger partial charge in [-0.25, -0.2) is 0 Å². The Bertz CT molecular complexity index is 2210. The first kappa shape index (κ1) is 68.2. The van der Waals surface area contributed by atoms with Crippen molar-refractivity contribution in [1.82, 2.24) is 0 Å². The number of fused-ring (bicyclic) bond motifs is 2. The largest absolute Gasteiger partial charge is 0.469 e. The lowest BCUT2D eigenvalue weighted by atomic mass is 9.82. The van der Waals surface area contributed by atoms with E-state index in [1.807, 2.05) is 19.9 Å². The van der Waals surface area contributed by atoms with Gasteiger partial charge >= 0.3 is 11.9 Å². The molecule has 3 aliphatic rings. The van der Waals surface area contributed by atoms with Gasteiger partial charge in [0.2, 0.25) is 0 Å². The van der Waals surface area contributed by atoms with E-state index >= 15 is 0 Å². The average molecular weight is 1110 g/mol. The van der Waals surface area contributed by atoms with E-state index in [0.29, 0.717) is 30.7 Å². The molecule has 4 rings (SSSR count). The lowest BCUT2D eigenvalue weighted by Crippen LogP contribution is -2.56. The zero-order valence-electron chi connectivity index (χ0n) is 45.8. The van der Waals surface area contributed by atoms with E-state index in [4.69, 9.17) is 34.9 Å². The molecule has 0 aliphatic carbocycles. The van der Waals surface area contributed by atoms with E-state index < -0.39 is 135 Å². The molecule has 0 spiro atoms. The van der Waals surface area contributed by atoms with Crippen LogP contribution in [0.1, 0.15) is 115 Å². The SMILES string of the molecule is COC(=O)C1C(O)CC2(O)CC(O)CC(O)CC(O)CC(O)CC(=O)CC(O)CC(=O)OC(C(C)CCC(O)CC(=O)c3ccc(N)cc3)C(C)/C=C/C=C/C=C/C=C/C=C/C=C/C=C/C(O)CC1O2.C[C@H]1OC[C@@H](O)CC1O. The number of aliphatic hydroxyl groups excluding tert-OH is 10. The number of rotatable bonds is 8. The van der Waals surface area contributed by atoms with Crippen molar-refractivity contribution in [3.05, 3.63) is 115 Å². The summed E-state index contributed by atoms with van der Waals surface area (Å²) >= 11 is 0. The van der Waals surface area contributed by atoms with E-state index in [2.05, 4.69) is 0 Å². The Morgan fingerprint density at radius 2 is 1.22 bits per heavy atom. The van der Waals surface area contributed by atoms with Crippen LogP contribution >= 0.6 is 0 Å². The molecular weight excluding hydrogens is 1030 g/mol. The third-order valence-corrected chi connectivity index (χ3v) is 13.7. The second-order valence-electron chi connectivity index (χ2n) is 21.0. The summed E-state index contributed by atoms with van der Waals surface area (Å²) in [5.41, 5.74) is 6.66. The fraction of sp³-hybridized carbons (Fsp3) is 0.593. The van der Waals surface area contributed by atoms with E-state index in [0.717, 1.165) is 7.11 Å². The lowest BCUT2D eigenvalue weighted by molar-refractivity contribution is -0.300. The number of hydrogen-bond donors (Lipinski definition) is 12. The Hall–Kier alpha value is -5.04. The number of carbonyl (C=O) groups is 4. The molecule has 2 bridgehead atoms. The van der Waals surface area contributed by atoms with Gasteiger partial charge in [0.25, 0.3) is 0 Å². The molecule has 1 aromatic carbocycles. The minimum absolute atomic E-state index is 0.112. The van der Waals surface area contributed by atoms with Gasteiger partial charge in [-0.15, -0.1) is 0 Å². The number of ketones is 2. The van der Waals surface area contributed by atoms with Crippen LogP contribution in [0.15, 0.2) is 109 Å². The summed E-state index contributed by atoms with van der Waals surface area (Å²) in [4.78, 5) is 51.5. The van der Waals surface area contributed by atoms with Crippen LogP contribution in [0.5, 0.6) is 0 Å². The second-order valence-corrected chi connectivity index (χ2v) is 21.0. The highest BCUT2D eigenvalue weighted by Crippen LogP contribution is 2.38. The third kappa shape index (κ3) is 26.9. The summed E-state index contributed by atoms with van der Waals surface area (Å²) in [7, 11) is 1.12. The summed E-state index contributed by atoms with van der Waals surface area (Å²) in [5.74, 6) is -6.55. The van der Waals surface area contributed by atoms with Gasteiger partial charge in [-0.3, -0.25) is 19.2 Å². The highest BCUT2D eigenvalue weighted by Gasteiger charge is 2.50. The number of cyclic esters (lactones) is 1. The van der Waals surface area contributed by atoms with Crippen LogP contribution in [-0.2, 0) is 33.3 Å². The van der Waals surface area contributed by atoms with Crippen molar-refractivity contribution in [2.75, 3.05) is 19.5 Å². The Morgan fingerprint density at radius 1 is 0.671 bits per heavy atom. The fourth-order valence-corrected chi connectivity index (χ4v) is 9.49. The van der Waals surface area contributed by atoms with Crippen molar-refractivity contribution in [2.45, 2.75) is 189 Å². The topological polar surface area (TPSA) is 354 Å². The van der Waals surface area contributed by atoms with Crippen LogP contribution in [-0.4, -0.2) is 179 Å². The van der Waals surface area contributed by atoms with Crippen molar-refractivity contribution < 1.29 is 94.3 Å². The number of aliphatic hydroxyl groups is 11. The molecule has 0 amide bonds. The quantitative estimate of drug-likeness (QED) is 0.101. The van der Waals surface area contributed by atoms with E-state index in [1.54, 1.807) is 104 Å². The highest BCUT2D eigenvalue weighted by molar-refractivity contribution is 5.96. The Morgan fingerprint density at radius 3 is 1.78 bits per heavy atom. The summed E-state index contributed by atoms with van der Waals surface area (Å²) in [6.45, 7) is 5.86. The van der Waals surface area contributed by atoms with Crippen molar-refractivity contribution in [3.8, 4) is 0 Å². The summed E-state index contributed by atoms with van der Waals surface area (Å²) in [6, 6.07) is 6.41. The number of allylic oxidation sites excluding steroid dienone is 12. The number of nitrogens with two attached hydrogens (primary N) is 1. The van der Waals surface area contributed by atoms with Crippen LogP contribution in [0, 0.1) is 17.8 Å².